The largest absolute Gasteiger partial charge is 0.469 e. The van der Waals surface area contributed by atoms with Crippen LogP contribution in [0.5, 0.6) is 0 Å². The van der Waals surface area contributed by atoms with Crippen LogP contribution < -0.4 is 5.32 Å². The van der Waals surface area contributed by atoms with Crippen molar-refractivity contribution in [1.29, 1.82) is 0 Å². The Morgan fingerprint density at radius 2 is 2.44 bits per heavy atom. The number of carbonyl (C=O) groups is 1. The second-order valence-electron chi connectivity index (χ2n) is 4.91. The summed E-state index contributed by atoms with van der Waals surface area (Å²) in [5.41, 5.74) is 1.17. The summed E-state index contributed by atoms with van der Waals surface area (Å²) >= 11 is 0. The molecule has 1 unspecified atom stereocenters. The van der Waals surface area contributed by atoms with Crippen molar-refractivity contribution in [3.63, 3.8) is 0 Å². The smallest absolute Gasteiger partial charge is 0.220 e. The molecule has 1 heterocycles. The first-order valence-electron chi connectivity index (χ1n) is 6.02. The molecule has 3 heteroatoms. The third-order valence-corrected chi connectivity index (χ3v) is 2.98. The highest BCUT2D eigenvalue weighted by Crippen LogP contribution is 2.30. The zero-order valence-corrected chi connectivity index (χ0v) is 9.95. The Morgan fingerprint density at radius 1 is 1.62 bits per heavy atom. The number of nitrogens with one attached hydrogen (secondary N) is 1. The molecule has 2 rings (SSSR count). The molecule has 1 amide bonds. The van der Waals surface area contributed by atoms with E-state index in [1.165, 1.54) is 5.56 Å². The van der Waals surface area contributed by atoms with Crippen LogP contribution >= 0.6 is 0 Å². The summed E-state index contributed by atoms with van der Waals surface area (Å²) in [4.78, 5) is 11.7. The summed E-state index contributed by atoms with van der Waals surface area (Å²) in [5, 5.41) is 3.09. The molecule has 3 nitrogen and oxygen atoms in total. The van der Waals surface area contributed by atoms with Crippen LogP contribution in [0, 0.1) is 5.92 Å². The molecule has 0 aromatic carbocycles. The standard InChI is InChI=1S/C13H19NO2/c1-9(2)8-13(15)14-11-4-3-5-12-10(11)6-7-16-12/h6-7,9,11H,3-5,8H2,1-2H3,(H,14,15). The summed E-state index contributed by atoms with van der Waals surface area (Å²) in [7, 11) is 0. The summed E-state index contributed by atoms with van der Waals surface area (Å²) < 4.78 is 5.40. The van der Waals surface area contributed by atoms with Crippen molar-refractivity contribution in [1.82, 2.24) is 5.32 Å². The Labute approximate surface area is 96.2 Å². The predicted octanol–water partition coefficient (Wildman–Crippen LogP) is 2.82. The fourth-order valence-electron chi connectivity index (χ4n) is 2.26. The number of furan rings is 1. The lowest BCUT2D eigenvalue weighted by Gasteiger charge is -2.23. The fourth-order valence-corrected chi connectivity index (χ4v) is 2.26. The second kappa shape index (κ2) is 4.73. The molecule has 0 fully saturated rings. The Hall–Kier alpha value is -1.25. The van der Waals surface area contributed by atoms with Gasteiger partial charge in [0.25, 0.3) is 0 Å². The van der Waals surface area contributed by atoms with Gasteiger partial charge in [-0.2, -0.15) is 0 Å². The van der Waals surface area contributed by atoms with Crippen LogP contribution in [-0.2, 0) is 11.2 Å². The molecule has 88 valence electrons. The summed E-state index contributed by atoms with van der Waals surface area (Å²) in [5.74, 6) is 1.60. The van der Waals surface area contributed by atoms with Gasteiger partial charge in [0.15, 0.2) is 0 Å². The van der Waals surface area contributed by atoms with E-state index < -0.39 is 0 Å². The normalized spacial score (nSPS) is 19.6. The van der Waals surface area contributed by atoms with Crippen LogP contribution in [0.2, 0.25) is 0 Å². The monoisotopic (exact) mass is 221 g/mol. The molecular weight excluding hydrogens is 202 g/mol. The van der Waals surface area contributed by atoms with Crippen LogP contribution in [-0.4, -0.2) is 5.91 Å². The van der Waals surface area contributed by atoms with E-state index in [1.807, 2.05) is 6.07 Å². The van der Waals surface area contributed by atoms with E-state index >= 15 is 0 Å². The molecule has 0 radical (unpaired) electrons. The first-order valence-corrected chi connectivity index (χ1v) is 6.02. The average Bonchev–Trinajstić information content (AvgIpc) is 2.65. The van der Waals surface area contributed by atoms with Gasteiger partial charge in [0.1, 0.15) is 5.76 Å². The first-order chi connectivity index (χ1) is 7.66. The molecule has 1 aliphatic rings. The van der Waals surface area contributed by atoms with E-state index in [9.17, 15) is 4.79 Å². The van der Waals surface area contributed by atoms with Crippen LogP contribution in [0.3, 0.4) is 0 Å². The maximum absolute atomic E-state index is 11.7. The van der Waals surface area contributed by atoms with Gasteiger partial charge in [0, 0.05) is 18.4 Å². The van der Waals surface area contributed by atoms with E-state index in [1.54, 1.807) is 6.26 Å². The Morgan fingerprint density at radius 3 is 3.19 bits per heavy atom. The molecule has 0 saturated heterocycles. The molecule has 1 aliphatic carbocycles. The molecule has 0 spiro atoms. The highest BCUT2D eigenvalue weighted by atomic mass is 16.3. The molecule has 0 bridgehead atoms. The maximum Gasteiger partial charge on any atom is 0.220 e. The van der Waals surface area contributed by atoms with Gasteiger partial charge in [-0.05, 0) is 24.8 Å². The predicted molar refractivity (Wildman–Crippen MR) is 62.0 cm³/mol. The zero-order valence-electron chi connectivity index (χ0n) is 9.95. The van der Waals surface area contributed by atoms with Crippen molar-refractivity contribution in [3.05, 3.63) is 23.7 Å². The van der Waals surface area contributed by atoms with Gasteiger partial charge in [0.2, 0.25) is 5.91 Å². The highest BCUT2D eigenvalue weighted by Gasteiger charge is 2.23. The number of aryl methyl sites for hydroxylation is 1. The lowest BCUT2D eigenvalue weighted by atomic mass is 9.93. The minimum absolute atomic E-state index is 0.147. The number of hydrogen-bond donors (Lipinski definition) is 1. The molecule has 1 N–H and O–H groups in total. The lowest BCUT2D eigenvalue weighted by molar-refractivity contribution is -0.122. The van der Waals surface area contributed by atoms with Crippen LogP contribution in [0.25, 0.3) is 0 Å². The average molecular weight is 221 g/mol. The zero-order chi connectivity index (χ0) is 11.5. The van der Waals surface area contributed by atoms with E-state index in [-0.39, 0.29) is 11.9 Å². The Balaban J connectivity index is 2.00. The third-order valence-electron chi connectivity index (χ3n) is 2.98. The third kappa shape index (κ3) is 2.46. The molecule has 1 atom stereocenters. The molecule has 1 aromatic heterocycles. The van der Waals surface area contributed by atoms with E-state index in [0.717, 1.165) is 25.0 Å². The summed E-state index contributed by atoms with van der Waals surface area (Å²) in [6.07, 6.45) is 5.43. The quantitative estimate of drug-likeness (QED) is 0.852. The van der Waals surface area contributed by atoms with Gasteiger partial charge in [-0.25, -0.2) is 0 Å². The number of fused-ring (bicyclic) bond motifs is 1. The van der Waals surface area contributed by atoms with Crippen molar-refractivity contribution >= 4 is 5.91 Å². The van der Waals surface area contributed by atoms with Crippen molar-refractivity contribution in [3.8, 4) is 0 Å². The first kappa shape index (κ1) is 11.2. The van der Waals surface area contributed by atoms with Crippen LogP contribution in [0.1, 0.15) is 50.5 Å². The fraction of sp³-hybridized carbons (Fsp3) is 0.615. The Kier molecular flexibility index (Phi) is 3.32. The summed E-state index contributed by atoms with van der Waals surface area (Å²) in [6.45, 7) is 4.12. The van der Waals surface area contributed by atoms with E-state index in [2.05, 4.69) is 19.2 Å². The molecular formula is C13H19NO2. The minimum Gasteiger partial charge on any atom is -0.469 e. The van der Waals surface area contributed by atoms with Crippen molar-refractivity contribution in [2.75, 3.05) is 0 Å². The SMILES string of the molecule is CC(C)CC(=O)NC1CCCc2occc21. The van der Waals surface area contributed by atoms with Gasteiger partial charge >= 0.3 is 0 Å². The number of carbonyl (C=O) groups excluding carboxylic acids is 1. The topological polar surface area (TPSA) is 42.2 Å². The van der Waals surface area contributed by atoms with E-state index in [0.29, 0.717) is 12.3 Å². The number of rotatable bonds is 3. The van der Waals surface area contributed by atoms with Gasteiger partial charge in [0.05, 0.1) is 12.3 Å². The van der Waals surface area contributed by atoms with Gasteiger partial charge < -0.3 is 9.73 Å². The summed E-state index contributed by atoms with van der Waals surface area (Å²) in [6, 6.07) is 2.14. The molecule has 0 aliphatic heterocycles. The van der Waals surface area contributed by atoms with Crippen LogP contribution in [0.15, 0.2) is 16.7 Å². The lowest BCUT2D eigenvalue weighted by Crippen LogP contribution is -2.31. The molecule has 0 saturated carbocycles. The van der Waals surface area contributed by atoms with Gasteiger partial charge in [-0.15, -0.1) is 0 Å². The van der Waals surface area contributed by atoms with E-state index in [4.69, 9.17) is 4.42 Å². The minimum atomic E-state index is 0.147. The highest BCUT2D eigenvalue weighted by molar-refractivity contribution is 5.76. The second-order valence-corrected chi connectivity index (χ2v) is 4.91. The molecule has 1 aromatic rings. The number of amides is 1. The van der Waals surface area contributed by atoms with Crippen molar-refractivity contribution < 1.29 is 9.21 Å². The number of hydrogen-bond acceptors (Lipinski definition) is 2. The van der Waals surface area contributed by atoms with Crippen molar-refractivity contribution in [2.45, 2.75) is 45.6 Å². The van der Waals surface area contributed by atoms with Gasteiger partial charge in [-0.1, -0.05) is 13.8 Å². The van der Waals surface area contributed by atoms with Crippen molar-refractivity contribution in [2.24, 2.45) is 5.92 Å². The molecule has 16 heavy (non-hydrogen) atoms. The maximum atomic E-state index is 11.7. The Bertz CT molecular complexity index is 368. The van der Waals surface area contributed by atoms with Gasteiger partial charge in [-0.3, -0.25) is 4.79 Å². The van der Waals surface area contributed by atoms with Crippen LogP contribution in [0.4, 0.5) is 0 Å².